The van der Waals surface area contributed by atoms with Gasteiger partial charge >= 0.3 is 0 Å². The van der Waals surface area contributed by atoms with Crippen LogP contribution < -0.4 is 5.32 Å². The van der Waals surface area contributed by atoms with Crippen molar-refractivity contribution in [1.82, 2.24) is 30.3 Å². The average Bonchev–Trinajstić information content (AvgIpc) is 3.11. The van der Waals surface area contributed by atoms with Crippen LogP contribution in [0.25, 0.3) is 10.9 Å². The van der Waals surface area contributed by atoms with Crippen molar-refractivity contribution in [3.63, 3.8) is 0 Å². The average molecular weight is 310 g/mol. The fourth-order valence-corrected chi connectivity index (χ4v) is 3.13. The number of nitrogens with zero attached hydrogens (tertiary/aromatic N) is 4. The molecule has 0 saturated carbocycles. The van der Waals surface area contributed by atoms with E-state index in [2.05, 4.69) is 30.3 Å². The molecule has 3 heterocycles. The Hall–Kier alpha value is -2.70. The SMILES string of the molecule is Cc1ccc2[nH]nc(C(=O)NC3CCc4nnc(C)n4C3)c2c1. The first-order valence-electron chi connectivity index (χ1n) is 7.76. The van der Waals surface area contributed by atoms with E-state index < -0.39 is 0 Å². The number of H-pyrrole nitrogens is 1. The third-order valence-electron chi connectivity index (χ3n) is 4.40. The van der Waals surface area contributed by atoms with Crippen LogP contribution in [0.3, 0.4) is 0 Å². The van der Waals surface area contributed by atoms with Crippen LogP contribution in [0, 0.1) is 13.8 Å². The second-order valence-corrected chi connectivity index (χ2v) is 6.10. The van der Waals surface area contributed by atoms with Crippen LogP contribution in [0.4, 0.5) is 0 Å². The Morgan fingerprint density at radius 3 is 3.09 bits per heavy atom. The second kappa shape index (κ2) is 5.19. The Morgan fingerprint density at radius 1 is 1.35 bits per heavy atom. The van der Waals surface area contributed by atoms with Crippen molar-refractivity contribution in [3.05, 3.63) is 41.1 Å². The van der Waals surface area contributed by atoms with Gasteiger partial charge in [0.15, 0.2) is 5.69 Å². The number of nitrogens with one attached hydrogen (secondary N) is 2. The Morgan fingerprint density at radius 2 is 2.22 bits per heavy atom. The number of rotatable bonds is 2. The molecule has 0 bridgehead atoms. The van der Waals surface area contributed by atoms with Crippen LogP contribution in [0.2, 0.25) is 0 Å². The van der Waals surface area contributed by atoms with Gasteiger partial charge in [-0.1, -0.05) is 11.6 Å². The maximum absolute atomic E-state index is 12.6. The molecule has 1 aromatic carbocycles. The van der Waals surface area contributed by atoms with Crippen LogP contribution >= 0.6 is 0 Å². The highest BCUT2D eigenvalue weighted by molar-refractivity contribution is 6.04. The molecule has 4 rings (SSSR count). The standard InChI is InChI=1S/C16H18N6O/c1-9-3-5-13-12(7-9)15(21-19-13)16(23)17-11-4-6-14-20-18-10(2)22(14)8-11/h3,5,7,11H,4,6,8H2,1-2H3,(H,17,23)(H,19,21). The molecule has 0 spiro atoms. The Balaban J connectivity index is 1.56. The number of fused-ring (bicyclic) bond motifs is 2. The molecular weight excluding hydrogens is 292 g/mol. The maximum Gasteiger partial charge on any atom is 0.272 e. The van der Waals surface area contributed by atoms with Gasteiger partial charge in [-0.3, -0.25) is 9.89 Å². The van der Waals surface area contributed by atoms with Crippen molar-refractivity contribution in [2.24, 2.45) is 0 Å². The van der Waals surface area contributed by atoms with E-state index in [1.807, 2.05) is 32.0 Å². The van der Waals surface area contributed by atoms with Crippen molar-refractivity contribution >= 4 is 16.8 Å². The number of carbonyl (C=O) groups excluding carboxylic acids is 1. The fourth-order valence-electron chi connectivity index (χ4n) is 3.13. The molecule has 1 aliphatic heterocycles. The summed E-state index contributed by atoms with van der Waals surface area (Å²) in [5.41, 5.74) is 2.44. The number of hydrogen-bond acceptors (Lipinski definition) is 4. The topological polar surface area (TPSA) is 88.5 Å². The van der Waals surface area contributed by atoms with Crippen LogP contribution in [0.1, 0.15) is 34.1 Å². The molecule has 1 amide bonds. The monoisotopic (exact) mass is 310 g/mol. The van der Waals surface area contributed by atoms with Gasteiger partial charge in [0.05, 0.1) is 5.52 Å². The van der Waals surface area contributed by atoms with Crippen LogP contribution in [-0.4, -0.2) is 36.9 Å². The summed E-state index contributed by atoms with van der Waals surface area (Å²) in [4.78, 5) is 12.6. The van der Waals surface area contributed by atoms with E-state index in [9.17, 15) is 4.79 Å². The normalized spacial score (nSPS) is 17.2. The predicted octanol–water partition coefficient (Wildman–Crippen LogP) is 1.52. The van der Waals surface area contributed by atoms with E-state index in [1.165, 1.54) is 0 Å². The number of aromatic nitrogens is 5. The zero-order valence-corrected chi connectivity index (χ0v) is 13.1. The lowest BCUT2D eigenvalue weighted by Gasteiger charge is -2.24. The molecule has 2 aromatic heterocycles. The lowest BCUT2D eigenvalue weighted by molar-refractivity contribution is 0.0924. The summed E-state index contributed by atoms with van der Waals surface area (Å²) in [5.74, 6) is 1.75. The molecule has 0 aliphatic carbocycles. The Kier molecular flexibility index (Phi) is 3.14. The van der Waals surface area contributed by atoms with E-state index in [-0.39, 0.29) is 11.9 Å². The van der Waals surface area contributed by atoms with E-state index in [4.69, 9.17) is 0 Å². The predicted molar refractivity (Wildman–Crippen MR) is 85.2 cm³/mol. The van der Waals surface area contributed by atoms with Gasteiger partial charge in [0.1, 0.15) is 11.6 Å². The van der Waals surface area contributed by atoms with Crippen molar-refractivity contribution in [3.8, 4) is 0 Å². The molecule has 3 aromatic rings. The summed E-state index contributed by atoms with van der Waals surface area (Å²) in [6, 6.07) is 6.00. The van der Waals surface area contributed by atoms with Crippen LogP contribution in [0.15, 0.2) is 18.2 Å². The first-order valence-corrected chi connectivity index (χ1v) is 7.76. The minimum absolute atomic E-state index is 0.0706. The Labute approximate surface area is 133 Å². The first-order chi connectivity index (χ1) is 11.1. The highest BCUT2D eigenvalue weighted by atomic mass is 16.2. The largest absolute Gasteiger partial charge is 0.346 e. The lowest BCUT2D eigenvalue weighted by Crippen LogP contribution is -2.41. The van der Waals surface area contributed by atoms with Gasteiger partial charge < -0.3 is 9.88 Å². The zero-order chi connectivity index (χ0) is 16.0. The molecule has 7 nitrogen and oxygen atoms in total. The molecule has 118 valence electrons. The molecular formula is C16H18N6O. The second-order valence-electron chi connectivity index (χ2n) is 6.10. The number of aryl methyl sites for hydroxylation is 3. The highest BCUT2D eigenvalue weighted by Gasteiger charge is 2.24. The van der Waals surface area contributed by atoms with Crippen molar-refractivity contribution in [1.29, 1.82) is 0 Å². The van der Waals surface area contributed by atoms with Crippen molar-refractivity contribution < 1.29 is 4.79 Å². The number of benzene rings is 1. The fraction of sp³-hybridized carbons (Fsp3) is 0.375. The van der Waals surface area contributed by atoms with Crippen molar-refractivity contribution in [2.45, 2.75) is 39.3 Å². The molecule has 0 radical (unpaired) electrons. The highest BCUT2D eigenvalue weighted by Crippen LogP contribution is 2.19. The minimum Gasteiger partial charge on any atom is -0.346 e. The molecule has 2 N–H and O–H groups in total. The number of aromatic amines is 1. The summed E-state index contributed by atoms with van der Waals surface area (Å²) < 4.78 is 2.07. The number of carbonyl (C=O) groups is 1. The molecule has 0 saturated heterocycles. The zero-order valence-electron chi connectivity index (χ0n) is 13.1. The first kappa shape index (κ1) is 13.9. The van der Waals surface area contributed by atoms with Crippen LogP contribution in [0.5, 0.6) is 0 Å². The lowest BCUT2D eigenvalue weighted by atomic mass is 10.1. The summed E-state index contributed by atoms with van der Waals surface area (Å²) in [7, 11) is 0. The Bertz CT molecular complexity index is 893. The summed E-state index contributed by atoms with van der Waals surface area (Å²) in [5, 5.41) is 19.3. The molecule has 0 fully saturated rings. The number of hydrogen-bond donors (Lipinski definition) is 2. The quantitative estimate of drug-likeness (QED) is 0.751. The third-order valence-corrected chi connectivity index (χ3v) is 4.40. The summed E-state index contributed by atoms with van der Waals surface area (Å²) >= 11 is 0. The molecule has 7 heteroatoms. The minimum atomic E-state index is -0.138. The van der Waals surface area contributed by atoms with Gasteiger partial charge in [-0.25, -0.2) is 0 Å². The molecule has 1 unspecified atom stereocenters. The maximum atomic E-state index is 12.6. The van der Waals surface area contributed by atoms with E-state index in [0.717, 1.165) is 41.0 Å². The van der Waals surface area contributed by atoms with Gasteiger partial charge in [0.2, 0.25) is 0 Å². The molecule has 1 aliphatic rings. The van der Waals surface area contributed by atoms with Gasteiger partial charge in [-0.05, 0) is 32.4 Å². The molecule has 23 heavy (non-hydrogen) atoms. The smallest absolute Gasteiger partial charge is 0.272 e. The number of amides is 1. The molecule has 1 atom stereocenters. The van der Waals surface area contributed by atoms with Gasteiger partial charge in [-0.2, -0.15) is 5.10 Å². The summed E-state index contributed by atoms with van der Waals surface area (Å²) in [6.45, 7) is 4.65. The third kappa shape index (κ3) is 2.38. The van der Waals surface area contributed by atoms with E-state index in [0.29, 0.717) is 12.2 Å². The van der Waals surface area contributed by atoms with Gasteiger partial charge in [0.25, 0.3) is 5.91 Å². The summed E-state index contributed by atoms with van der Waals surface area (Å²) in [6.07, 6.45) is 1.69. The van der Waals surface area contributed by atoms with Crippen molar-refractivity contribution in [2.75, 3.05) is 0 Å². The van der Waals surface area contributed by atoms with Gasteiger partial charge in [-0.15, -0.1) is 10.2 Å². The van der Waals surface area contributed by atoms with Crippen LogP contribution in [-0.2, 0) is 13.0 Å². The van der Waals surface area contributed by atoms with Gasteiger partial charge in [0, 0.05) is 24.4 Å². The van der Waals surface area contributed by atoms with E-state index >= 15 is 0 Å². The van der Waals surface area contributed by atoms with E-state index in [1.54, 1.807) is 0 Å².